The minimum atomic E-state index is -0.135. The van der Waals surface area contributed by atoms with E-state index >= 15 is 0 Å². The Morgan fingerprint density at radius 2 is 1.06 bits per heavy atom. The lowest BCUT2D eigenvalue weighted by atomic mass is 10.1. The first-order chi connectivity index (χ1) is 8.41. The minimum Gasteiger partial charge on any atom is -0.463 e. The molecule has 0 aliphatic carbocycles. The topological polar surface area (TPSA) is 52.6 Å². The molecule has 106 valence electrons. The fraction of sp³-hybridized carbons (Fsp3) is 0.857. The van der Waals surface area contributed by atoms with Crippen molar-refractivity contribution in [3.63, 3.8) is 0 Å². The third-order valence-corrected chi connectivity index (χ3v) is 2.25. The summed E-state index contributed by atoms with van der Waals surface area (Å²) >= 11 is 0. The zero-order valence-corrected chi connectivity index (χ0v) is 12.0. The van der Waals surface area contributed by atoms with Crippen molar-refractivity contribution in [2.75, 3.05) is 0 Å². The van der Waals surface area contributed by atoms with E-state index in [1.165, 1.54) is 0 Å². The number of carbonyl (C=O) groups excluding carboxylic acids is 2. The number of hydrogen-bond donors (Lipinski definition) is 0. The molecule has 0 aromatic rings. The largest absolute Gasteiger partial charge is 0.463 e. The highest BCUT2D eigenvalue weighted by atomic mass is 16.5. The van der Waals surface area contributed by atoms with Gasteiger partial charge in [-0.15, -0.1) is 0 Å². The van der Waals surface area contributed by atoms with Crippen LogP contribution in [-0.4, -0.2) is 24.1 Å². The fourth-order valence-corrected chi connectivity index (χ4v) is 1.54. The summed E-state index contributed by atoms with van der Waals surface area (Å²) in [6.45, 7) is 7.38. The van der Waals surface area contributed by atoms with Gasteiger partial charge in [-0.3, -0.25) is 9.59 Å². The molecule has 0 saturated heterocycles. The van der Waals surface area contributed by atoms with E-state index < -0.39 is 0 Å². The minimum absolute atomic E-state index is 0.0386. The molecule has 0 aliphatic heterocycles. The lowest BCUT2D eigenvalue weighted by Crippen LogP contribution is -2.11. The standard InChI is InChI=1S/C14H26O4/c1-11(2)17-13(15)9-7-5-6-8-10-14(16)18-12(3)4/h11-12H,5-10H2,1-4H3. The van der Waals surface area contributed by atoms with Gasteiger partial charge in [0.2, 0.25) is 0 Å². The average Bonchev–Trinajstić information content (AvgIpc) is 2.20. The molecule has 4 nitrogen and oxygen atoms in total. The van der Waals surface area contributed by atoms with Gasteiger partial charge in [-0.2, -0.15) is 0 Å². The number of carbonyl (C=O) groups is 2. The van der Waals surface area contributed by atoms with Gasteiger partial charge >= 0.3 is 11.9 Å². The Balaban J connectivity index is 3.36. The molecule has 0 bridgehead atoms. The van der Waals surface area contributed by atoms with Crippen LogP contribution in [0.4, 0.5) is 0 Å². The van der Waals surface area contributed by atoms with Gasteiger partial charge in [0, 0.05) is 12.8 Å². The van der Waals surface area contributed by atoms with Crippen LogP contribution < -0.4 is 0 Å². The SMILES string of the molecule is CC(C)OC(=O)CCCCCCC(=O)OC(C)C. The van der Waals surface area contributed by atoms with Crippen LogP contribution in [0.1, 0.15) is 66.2 Å². The molecule has 4 heteroatoms. The first kappa shape index (κ1) is 16.9. The molecule has 0 saturated carbocycles. The van der Waals surface area contributed by atoms with E-state index in [9.17, 15) is 9.59 Å². The number of ether oxygens (including phenoxy) is 2. The average molecular weight is 258 g/mol. The fourth-order valence-electron chi connectivity index (χ4n) is 1.54. The highest BCUT2D eigenvalue weighted by Crippen LogP contribution is 2.08. The van der Waals surface area contributed by atoms with Gasteiger partial charge in [-0.25, -0.2) is 0 Å². The maximum atomic E-state index is 11.2. The summed E-state index contributed by atoms with van der Waals surface area (Å²) in [5.41, 5.74) is 0. The lowest BCUT2D eigenvalue weighted by Gasteiger charge is -2.08. The van der Waals surface area contributed by atoms with Crippen LogP contribution in [0, 0.1) is 0 Å². The van der Waals surface area contributed by atoms with Crippen LogP contribution in [-0.2, 0) is 19.1 Å². The Labute approximate surface area is 110 Å². The summed E-state index contributed by atoms with van der Waals surface area (Å²) < 4.78 is 10.1. The first-order valence-electron chi connectivity index (χ1n) is 6.80. The molecule has 0 N–H and O–H groups in total. The Kier molecular flexibility index (Phi) is 9.33. The molecule has 0 fully saturated rings. The van der Waals surface area contributed by atoms with Crippen molar-refractivity contribution >= 4 is 11.9 Å². The van der Waals surface area contributed by atoms with Crippen LogP contribution in [0.15, 0.2) is 0 Å². The second-order valence-electron chi connectivity index (χ2n) is 4.99. The van der Waals surface area contributed by atoms with Gasteiger partial charge in [0.1, 0.15) is 0 Å². The van der Waals surface area contributed by atoms with Crippen molar-refractivity contribution in [3.05, 3.63) is 0 Å². The second kappa shape index (κ2) is 9.92. The van der Waals surface area contributed by atoms with Gasteiger partial charge < -0.3 is 9.47 Å². The van der Waals surface area contributed by atoms with Crippen molar-refractivity contribution in [2.24, 2.45) is 0 Å². The molecule has 0 rings (SSSR count). The van der Waals surface area contributed by atoms with E-state index in [1.807, 2.05) is 27.7 Å². The summed E-state index contributed by atoms with van der Waals surface area (Å²) in [4.78, 5) is 22.4. The maximum absolute atomic E-state index is 11.2. The molecule has 0 aromatic carbocycles. The molecule has 0 heterocycles. The summed E-state index contributed by atoms with van der Waals surface area (Å²) in [5, 5.41) is 0. The van der Waals surface area contributed by atoms with Crippen molar-refractivity contribution in [1.29, 1.82) is 0 Å². The molecule has 0 radical (unpaired) electrons. The number of esters is 2. The molecule has 0 spiro atoms. The molecule has 0 aromatic heterocycles. The zero-order valence-electron chi connectivity index (χ0n) is 12.0. The van der Waals surface area contributed by atoms with Crippen molar-refractivity contribution < 1.29 is 19.1 Å². The van der Waals surface area contributed by atoms with Crippen molar-refractivity contribution in [2.45, 2.75) is 78.4 Å². The summed E-state index contributed by atoms with van der Waals surface area (Å²) in [5.74, 6) is -0.270. The van der Waals surface area contributed by atoms with E-state index in [4.69, 9.17) is 9.47 Å². The molecule has 0 unspecified atom stereocenters. The lowest BCUT2D eigenvalue weighted by molar-refractivity contribution is -0.148. The maximum Gasteiger partial charge on any atom is 0.306 e. The summed E-state index contributed by atoms with van der Waals surface area (Å²) in [6, 6.07) is 0. The third kappa shape index (κ3) is 11.4. The third-order valence-electron chi connectivity index (χ3n) is 2.25. The smallest absolute Gasteiger partial charge is 0.306 e. The van der Waals surface area contributed by atoms with Gasteiger partial charge in [0.15, 0.2) is 0 Å². The molecule has 0 atom stereocenters. The highest BCUT2D eigenvalue weighted by molar-refractivity contribution is 5.69. The van der Waals surface area contributed by atoms with Crippen molar-refractivity contribution in [3.8, 4) is 0 Å². The second-order valence-corrected chi connectivity index (χ2v) is 4.99. The Morgan fingerprint density at radius 1 is 0.722 bits per heavy atom. The Bertz CT molecular complexity index is 220. The monoisotopic (exact) mass is 258 g/mol. The van der Waals surface area contributed by atoms with Gasteiger partial charge in [0.25, 0.3) is 0 Å². The van der Waals surface area contributed by atoms with Crippen LogP contribution in [0.2, 0.25) is 0 Å². The molecule has 0 aliphatic rings. The number of unbranched alkanes of at least 4 members (excludes halogenated alkanes) is 3. The number of hydrogen-bond acceptors (Lipinski definition) is 4. The highest BCUT2D eigenvalue weighted by Gasteiger charge is 2.06. The molecular formula is C14H26O4. The molecule has 0 amide bonds. The summed E-state index contributed by atoms with van der Waals surface area (Å²) in [7, 11) is 0. The normalized spacial score (nSPS) is 10.8. The van der Waals surface area contributed by atoms with Gasteiger partial charge in [-0.1, -0.05) is 12.8 Å². The van der Waals surface area contributed by atoms with E-state index in [2.05, 4.69) is 0 Å². The van der Waals surface area contributed by atoms with Crippen LogP contribution in [0.3, 0.4) is 0 Å². The van der Waals surface area contributed by atoms with Crippen molar-refractivity contribution in [1.82, 2.24) is 0 Å². The summed E-state index contributed by atoms with van der Waals surface area (Å²) in [6.07, 6.45) is 4.40. The van der Waals surface area contributed by atoms with E-state index in [0.717, 1.165) is 25.7 Å². The number of rotatable bonds is 9. The van der Waals surface area contributed by atoms with E-state index in [-0.39, 0.29) is 24.1 Å². The Morgan fingerprint density at radius 3 is 1.33 bits per heavy atom. The van der Waals surface area contributed by atoms with Crippen LogP contribution in [0.25, 0.3) is 0 Å². The molecular weight excluding hydrogens is 232 g/mol. The predicted molar refractivity (Wildman–Crippen MR) is 70.2 cm³/mol. The zero-order chi connectivity index (χ0) is 14.0. The predicted octanol–water partition coefficient (Wildman–Crippen LogP) is 3.23. The quantitative estimate of drug-likeness (QED) is 0.470. The first-order valence-corrected chi connectivity index (χ1v) is 6.80. The molecule has 18 heavy (non-hydrogen) atoms. The van der Waals surface area contributed by atoms with Gasteiger partial charge in [-0.05, 0) is 40.5 Å². The van der Waals surface area contributed by atoms with E-state index in [1.54, 1.807) is 0 Å². The van der Waals surface area contributed by atoms with Gasteiger partial charge in [0.05, 0.1) is 12.2 Å². The van der Waals surface area contributed by atoms with Crippen LogP contribution in [0.5, 0.6) is 0 Å². The van der Waals surface area contributed by atoms with E-state index in [0.29, 0.717) is 12.8 Å². The Hall–Kier alpha value is -1.06. The van der Waals surface area contributed by atoms with Crippen LogP contribution >= 0.6 is 0 Å².